The Morgan fingerprint density at radius 3 is 2.71 bits per heavy atom. The van der Waals surface area contributed by atoms with Crippen molar-refractivity contribution in [1.82, 2.24) is 15.1 Å². The van der Waals surface area contributed by atoms with Crippen LogP contribution in [-0.4, -0.2) is 44.9 Å². The molecule has 0 saturated carbocycles. The smallest absolute Gasteiger partial charge is 0.269 e. The van der Waals surface area contributed by atoms with Crippen molar-refractivity contribution >= 4 is 17.7 Å². The zero-order chi connectivity index (χ0) is 15.4. The summed E-state index contributed by atoms with van der Waals surface area (Å²) in [6.07, 6.45) is 2.11. The second-order valence-electron chi connectivity index (χ2n) is 5.95. The first-order valence-corrected chi connectivity index (χ1v) is 8.71. The van der Waals surface area contributed by atoms with Crippen LogP contribution in [0.1, 0.15) is 48.8 Å². The van der Waals surface area contributed by atoms with Crippen molar-refractivity contribution in [2.75, 3.05) is 18.1 Å². The number of aliphatic hydroxyl groups is 1. The van der Waals surface area contributed by atoms with Gasteiger partial charge in [-0.1, -0.05) is 13.8 Å². The molecule has 2 rings (SSSR count). The van der Waals surface area contributed by atoms with Crippen molar-refractivity contribution in [3.63, 3.8) is 0 Å². The van der Waals surface area contributed by atoms with Crippen molar-refractivity contribution in [3.8, 4) is 0 Å². The third kappa shape index (κ3) is 4.01. The van der Waals surface area contributed by atoms with Crippen LogP contribution in [0, 0.1) is 5.92 Å². The molecule has 21 heavy (non-hydrogen) atoms. The van der Waals surface area contributed by atoms with Gasteiger partial charge in [-0.3, -0.25) is 9.48 Å². The molecule has 2 N–H and O–H groups in total. The summed E-state index contributed by atoms with van der Waals surface area (Å²) in [7, 11) is 1.78. The molecule has 118 valence electrons. The summed E-state index contributed by atoms with van der Waals surface area (Å²) in [6, 6.07) is 1.68. The third-order valence-electron chi connectivity index (χ3n) is 4.07. The lowest BCUT2D eigenvalue weighted by atomic mass is 9.94. The predicted molar refractivity (Wildman–Crippen MR) is 85.7 cm³/mol. The Labute approximate surface area is 130 Å². The fourth-order valence-electron chi connectivity index (χ4n) is 2.66. The highest BCUT2D eigenvalue weighted by atomic mass is 32.2. The number of nitrogens with zero attached hydrogens (tertiary/aromatic N) is 2. The second kappa shape index (κ2) is 7.31. The standard InChI is InChI=1S/C15H25N3O2S/c1-10(2)12-8-14(18(3)17-12)15(20)16-13(9-19)11-4-6-21-7-5-11/h8,10-11,13,19H,4-7,9H2,1-3H3,(H,16,20)/t13-/m1/s1. The van der Waals surface area contributed by atoms with Gasteiger partial charge >= 0.3 is 0 Å². The molecule has 0 radical (unpaired) electrons. The molecule has 5 nitrogen and oxygen atoms in total. The van der Waals surface area contributed by atoms with Gasteiger partial charge < -0.3 is 10.4 Å². The third-order valence-corrected chi connectivity index (χ3v) is 5.12. The molecular weight excluding hydrogens is 286 g/mol. The van der Waals surface area contributed by atoms with Crippen molar-refractivity contribution < 1.29 is 9.90 Å². The van der Waals surface area contributed by atoms with Gasteiger partial charge in [0.25, 0.3) is 5.91 Å². The maximum atomic E-state index is 12.4. The Kier molecular flexibility index (Phi) is 5.70. The molecule has 0 aromatic carbocycles. The average molecular weight is 311 g/mol. The summed E-state index contributed by atoms with van der Waals surface area (Å²) >= 11 is 1.94. The van der Waals surface area contributed by atoms with E-state index in [2.05, 4.69) is 24.3 Å². The van der Waals surface area contributed by atoms with Gasteiger partial charge in [0.2, 0.25) is 0 Å². The van der Waals surface area contributed by atoms with E-state index in [1.54, 1.807) is 11.7 Å². The van der Waals surface area contributed by atoms with E-state index < -0.39 is 0 Å². The van der Waals surface area contributed by atoms with E-state index in [1.807, 2.05) is 17.8 Å². The number of rotatable bonds is 5. The Bertz CT molecular complexity index is 481. The van der Waals surface area contributed by atoms with E-state index in [-0.39, 0.29) is 18.6 Å². The zero-order valence-corrected chi connectivity index (χ0v) is 13.8. The molecule has 1 aliphatic heterocycles. The van der Waals surface area contributed by atoms with Crippen molar-refractivity contribution in [3.05, 3.63) is 17.5 Å². The van der Waals surface area contributed by atoms with Crippen LogP contribution in [0.2, 0.25) is 0 Å². The number of carbonyl (C=O) groups excluding carboxylic acids is 1. The first-order valence-electron chi connectivity index (χ1n) is 7.56. The number of thioether (sulfide) groups is 1. The lowest BCUT2D eigenvalue weighted by molar-refractivity contribution is 0.0875. The second-order valence-corrected chi connectivity index (χ2v) is 7.17. The molecular formula is C15H25N3O2S. The number of nitrogens with one attached hydrogen (secondary N) is 1. The fourth-order valence-corrected chi connectivity index (χ4v) is 3.80. The molecule has 1 aliphatic rings. The number of amides is 1. The monoisotopic (exact) mass is 311 g/mol. The van der Waals surface area contributed by atoms with Crippen LogP contribution in [0.4, 0.5) is 0 Å². The highest BCUT2D eigenvalue weighted by Gasteiger charge is 2.26. The summed E-state index contributed by atoms with van der Waals surface area (Å²) in [5.41, 5.74) is 1.47. The van der Waals surface area contributed by atoms with Gasteiger partial charge in [-0.05, 0) is 42.2 Å². The van der Waals surface area contributed by atoms with E-state index in [0.717, 1.165) is 30.0 Å². The molecule has 2 heterocycles. The molecule has 1 atom stereocenters. The van der Waals surface area contributed by atoms with Crippen LogP contribution in [0.15, 0.2) is 6.07 Å². The highest BCUT2D eigenvalue weighted by molar-refractivity contribution is 7.99. The van der Waals surface area contributed by atoms with Gasteiger partial charge in [0, 0.05) is 7.05 Å². The van der Waals surface area contributed by atoms with Gasteiger partial charge in [-0.2, -0.15) is 16.9 Å². The Hall–Kier alpha value is -1.01. The summed E-state index contributed by atoms with van der Waals surface area (Å²) < 4.78 is 1.62. The van der Waals surface area contributed by atoms with Crippen molar-refractivity contribution in [1.29, 1.82) is 0 Å². The number of carbonyl (C=O) groups is 1. The minimum Gasteiger partial charge on any atom is -0.394 e. The van der Waals surface area contributed by atoms with E-state index in [4.69, 9.17) is 0 Å². The number of hydrogen-bond donors (Lipinski definition) is 2. The van der Waals surface area contributed by atoms with Gasteiger partial charge in [-0.15, -0.1) is 0 Å². The Balaban J connectivity index is 2.05. The van der Waals surface area contributed by atoms with Gasteiger partial charge in [-0.25, -0.2) is 0 Å². The van der Waals surface area contributed by atoms with Crippen molar-refractivity contribution in [2.45, 2.75) is 38.6 Å². The molecule has 6 heteroatoms. The molecule has 1 fully saturated rings. The highest BCUT2D eigenvalue weighted by Crippen LogP contribution is 2.25. The number of hydrogen-bond acceptors (Lipinski definition) is 4. The van der Waals surface area contributed by atoms with E-state index in [0.29, 0.717) is 17.5 Å². The quantitative estimate of drug-likeness (QED) is 0.870. The average Bonchev–Trinajstić information content (AvgIpc) is 2.88. The molecule has 0 bridgehead atoms. The summed E-state index contributed by atoms with van der Waals surface area (Å²) in [5, 5.41) is 16.9. The summed E-state index contributed by atoms with van der Waals surface area (Å²) in [4.78, 5) is 12.4. The zero-order valence-electron chi connectivity index (χ0n) is 13.0. The van der Waals surface area contributed by atoms with Crippen LogP contribution in [-0.2, 0) is 7.05 Å². The first-order chi connectivity index (χ1) is 10.0. The topological polar surface area (TPSA) is 67.2 Å². The number of aryl methyl sites for hydroxylation is 1. The molecule has 1 amide bonds. The normalized spacial score (nSPS) is 18.0. The van der Waals surface area contributed by atoms with Crippen LogP contribution >= 0.6 is 11.8 Å². The fraction of sp³-hybridized carbons (Fsp3) is 0.733. The summed E-state index contributed by atoms with van der Waals surface area (Å²) in [5.74, 6) is 2.74. The molecule has 0 aliphatic carbocycles. The number of aliphatic hydroxyl groups excluding tert-OH is 1. The minimum atomic E-state index is -0.157. The van der Waals surface area contributed by atoms with Gasteiger partial charge in [0.1, 0.15) is 5.69 Å². The van der Waals surface area contributed by atoms with Crippen LogP contribution < -0.4 is 5.32 Å². The van der Waals surface area contributed by atoms with Crippen LogP contribution in [0.25, 0.3) is 0 Å². The summed E-state index contributed by atoms with van der Waals surface area (Å²) in [6.45, 7) is 4.11. The van der Waals surface area contributed by atoms with Gasteiger partial charge in [0.05, 0.1) is 18.3 Å². The van der Waals surface area contributed by atoms with E-state index >= 15 is 0 Å². The van der Waals surface area contributed by atoms with Crippen molar-refractivity contribution in [2.24, 2.45) is 13.0 Å². The lowest BCUT2D eigenvalue weighted by Crippen LogP contribution is -2.44. The predicted octanol–water partition coefficient (Wildman–Crippen LogP) is 1.78. The molecule has 1 aromatic heterocycles. The molecule has 0 unspecified atom stereocenters. The van der Waals surface area contributed by atoms with Gasteiger partial charge in [0.15, 0.2) is 0 Å². The SMILES string of the molecule is CC(C)c1cc(C(=O)N[C@H](CO)C2CCSCC2)n(C)n1. The number of aromatic nitrogens is 2. The molecule has 1 saturated heterocycles. The van der Waals surface area contributed by atoms with Crippen LogP contribution in [0.5, 0.6) is 0 Å². The van der Waals surface area contributed by atoms with E-state index in [9.17, 15) is 9.90 Å². The largest absolute Gasteiger partial charge is 0.394 e. The van der Waals surface area contributed by atoms with Crippen LogP contribution in [0.3, 0.4) is 0 Å². The maximum absolute atomic E-state index is 12.4. The lowest BCUT2D eigenvalue weighted by Gasteiger charge is -2.29. The maximum Gasteiger partial charge on any atom is 0.269 e. The first kappa shape index (κ1) is 16.4. The Morgan fingerprint density at radius 2 is 2.19 bits per heavy atom. The molecule has 0 spiro atoms. The Morgan fingerprint density at radius 1 is 1.52 bits per heavy atom. The molecule has 1 aromatic rings. The van der Waals surface area contributed by atoms with E-state index in [1.165, 1.54) is 0 Å². The minimum absolute atomic E-state index is 0.00401.